The summed E-state index contributed by atoms with van der Waals surface area (Å²) in [6, 6.07) is 25.4. The Balaban J connectivity index is 1.40. The predicted octanol–water partition coefficient (Wildman–Crippen LogP) is 9.38. The van der Waals surface area contributed by atoms with Gasteiger partial charge < -0.3 is 0 Å². The van der Waals surface area contributed by atoms with Gasteiger partial charge in [-0.15, -0.1) is 0 Å². The Kier molecular flexibility index (Phi) is 9.17. The van der Waals surface area contributed by atoms with Gasteiger partial charge in [-0.05, 0) is 133 Å². The zero-order valence-electron chi connectivity index (χ0n) is 26.1. The first-order valence-electron chi connectivity index (χ1n) is 16.3. The summed E-state index contributed by atoms with van der Waals surface area (Å²) in [7, 11) is 0. The van der Waals surface area contributed by atoms with Crippen LogP contribution in [0.15, 0.2) is 84.9 Å². The number of hydrogen-bond donors (Lipinski definition) is 0. The number of aryl methyl sites for hydroxylation is 4. The lowest BCUT2D eigenvalue weighted by Gasteiger charge is -2.27. The molecule has 0 unspecified atom stereocenters. The van der Waals surface area contributed by atoms with Crippen molar-refractivity contribution >= 4 is 23.7 Å². The maximum atomic E-state index is 13.1. The summed E-state index contributed by atoms with van der Waals surface area (Å²) in [4.78, 5) is 26.2. The third-order valence-electron chi connectivity index (χ3n) is 9.28. The molecule has 2 nitrogen and oxygen atoms in total. The van der Waals surface area contributed by atoms with Crippen molar-refractivity contribution in [3.8, 4) is 11.1 Å². The lowest BCUT2D eigenvalue weighted by molar-refractivity contribution is -0.114. The van der Waals surface area contributed by atoms with Crippen molar-refractivity contribution in [3.05, 3.63) is 141 Å². The molecule has 4 aromatic rings. The van der Waals surface area contributed by atoms with E-state index in [0.29, 0.717) is 12.8 Å². The van der Waals surface area contributed by atoms with E-state index < -0.39 is 0 Å². The SMILES string of the molecule is Cc1ccc(CC(=O)/C=C\c2ccc3c(c2-c2c(/C=C\C(=O)Cc4ccc(C)cc4)ccc4c2CCCC4)CCCC3)cc1. The summed E-state index contributed by atoms with van der Waals surface area (Å²) in [5.74, 6) is 0.212. The smallest absolute Gasteiger partial charge is 0.160 e. The molecule has 4 aromatic carbocycles. The van der Waals surface area contributed by atoms with Crippen LogP contribution in [0.5, 0.6) is 0 Å². The Labute approximate surface area is 262 Å². The van der Waals surface area contributed by atoms with Crippen LogP contribution >= 0.6 is 0 Å². The Morgan fingerprint density at radius 1 is 0.523 bits per heavy atom. The van der Waals surface area contributed by atoms with Crippen LogP contribution in [0.2, 0.25) is 0 Å². The fourth-order valence-corrected chi connectivity index (χ4v) is 6.86. The van der Waals surface area contributed by atoms with Gasteiger partial charge in [0.1, 0.15) is 0 Å². The summed E-state index contributed by atoms with van der Waals surface area (Å²) >= 11 is 0. The van der Waals surface area contributed by atoms with Crippen molar-refractivity contribution in [2.24, 2.45) is 0 Å². The summed E-state index contributed by atoms with van der Waals surface area (Å²) in [5, 5.41) is 0. The molecule has 0 saturated carbocycles. The minimum absolute atomic E-state index is 0.106. The fourth-order valence-electron chi connectivity index (χ4n) is 6.86. The molecule has 2 aliphatic rings. The number of hydrogen-bond acceptors (Lipinski definition) is 2. The van der Waals surface area contributed by atoms with E-state index in [-0.39, 0.29) is 11.6 Å². The molecule has 0 atom stereocenters. The Hall–Kier alpha value is -4.30. The molecule has 0 aliphatic heterocycles. The number of carbonyl (C=O) groups excluding carboxylic acids is 2. The summed E-state index contributed by atoms with van der Waals surface area (Å²) in [5.41, 5.74) is 14.9. The van der Waals surface area contributed by atoms with Crippen LogP contribution in [0.4, 0.5) is 0 Å². The molecule has 44 heavy (non-hydrogen) atoms. The quantitative estimate of drug-likeness (QED) is 0.185. The van der Waals surface area contributed by atoms with E-state index in [1.807, 2.05) is 36.4 Å². The maximum absolute atomic E-state index is 13.1. The molecule has 222 valence electrons. The van der Waals surface area contributed by atoms with Gasteiger partial charge >= 0.3 is 0 Å². The van der Waals surface area contributed by atoms with E-state index >= 15 is 0 Å². The standard InChI is InChI=1S/C42H42O2/c1-29-11-15-31(16-12-29)27-37(43)25-23-35-21-19-33-7-3-5-9-39(33)41(35)42-36(22-20-34-8-4-6-10-40(34)42)24-26-38(44)28-32-17-13-30(2)14-18-32/h11-26H,3-10,27-28H2,1-2H3/b25-23-,26-24-. The first-order chi connectivity index (χ1) is 21.4. The predicted molar refractivity (Wildman–Crippen MR) is 183 cm³/mol. The molecular formula is C42H42O2. The van der Waals surface area contributed by atoms with Crippen LogP contribution in [0.1, 0.15) is 81.3 Å². The lowest BCUT2D eigenvalue weighted by atomic mass is 9.77. The number of allylic oxidation sites excluding steroid dienone is 2. The van der Waals surface area contributed by atoms with Crippen molar-refractivity contribution in [2.45, 2.75) is 78.1 Å². The molecule has 6 rings (SSSR count). The van der Waals surface area contributed by atoms with Crippen LogP contribution in [-0.2, 0) is 48.1 Å². The number of rotatable bonds is 9. The molecular weight excluding hydrogens is 536 g/mol. The van der Waals surface area contributed by atoms with Gasteiger partial charge in [0.05, 0.1) is 0 Å². The minimum Gasteiger partial charge on any atom is -0.294 e. The van der Waals surface area contributed by atoms with Gasteiger partial charge in [-0.25, -0.2) is 0 Å². The molecule has 0 aromatic heterocycles. The molecule has 0 spiro atoms. The molecule has 2 aliphatic carbocycles. The number of ketones is 2. The average Bonchev–Trinajstić information content (AvgIpc) is 3.04. The fraction of sp³-hybridized carbons (Fsp3) is 0.286. The van der Waals surface area contributed by atoms with Gasteiger partial charge in [-0.1, -0.05) is 96.1 Å². The first-order valence-corrected chi connectivity index (χ1v) is 16.3. The van der Waals surface area contributed by atoms with Gasteiger partial charge in [0.25, 0.3) is 0 Å². The van der Waals surface area contributed by atoms with Crippen molar-refractivity contribution in [1.82, 2.24) is 0 Å². The third-order valence-corrected chi connectivity index (χ3v) is 9.28. The molecule has 0 saturated heterocycles. The molecule has 0 N–H and O–H groups in total. The van der Waals surface area contributed by atoms with Crippen molar-refractivity contribution < 1.29 is 9.59 Å². The van der Waals surface area contributed by atoms with Crippen molar-refractivity contribution in [3.63, 3.8) is 0 Å². The van der Waals surface area contributed by atoms with Crippen LogP contribution < -0.4 is 0 Å². The monoisotopic (exact) mass is 578 g/mol. The highest BCUT2D eigenvalue weighted by Gasteiger charge is 2.24. The van der Waals surface area contributed by atoms with Gasteiger partial charge in [0.15, 0.2) is 11.6 Å². The molecule has 2 heteroatoms. The van der Waals surface area contributed by atoms with Crippen molar-refractivity contribution in [2.75, 3.05) is 0 Å². The zero-order chi connectivity index (χ0) is 30.5. The molecule has 0 bridgehead atoms. The van der Waals surface area contributed by atoms with E-state index in [0.717, 1.165) is 47.9 Å². The van der Waals surface area contributed by atoms with E-state index in [9.17, 15) is 9.59 Å². The Morgan fingerprint density at radius 3 is 1.32 bits per heavy atom. The summed E-state index contributed by atoms with van der Waals surface area (Å²) in [6.45, 7) is 4.13. The second-order valence-electron chi connectivity index (χ2n) is 12.7. The lowest BCUT2D eigenvalue weighted by Crippen LogP contribution is -2.11. The van der Waals surface area contributed by atoms with Crippen LogP contribution in [0.25, 0.3) is 23.3 Å². The first kappa shape index (κ1) is 29.8. The van der Waals surface area contributed by atoms with Crippen molar-refractivity contribution in [1.29, 1.82) is 0 Å². The van der Waals surface area contributed by atoms with E-state index in [1.54, 1.807) is 12.2 Å². The Morgan fingerprint density at radius 2 is 0.909 bits per heavy atom. The topological polar surface area (TPSA) is 34.1 Å². The van der Waals surface area contributed by atoms with Crippen LogP contribution in [0, 0.1) is 13.8 Å². The normalized spacial score (nSPS) is 14.5. The molecule has 0 heterocycles. The highest BCUT2D eigenvalue weighted by Crippen LogP contribution is 2.42. The second kappa shape index (κ2) is 13.6. The minimum atomic E-state index is 0.106. The maximum Gasteiger partial charge on any atom is 0.160 e. The highest BCUT2D eigenvalue weighted by molar-refractivity contribution is 5.99. The Bertz CT molecular complexity index is 1600. The highest BCUT2D eigenvalue weighted by atomic mass is 16.1. The number of carbonyl (C=O) groups is 2. The summed E-state index contributed by atoms with van der Waals surface area (Å²) < 4.78 is 0. The zero-order valence-corrected chi connectivity index (χ0v) is 26.1. The van der Waals surface area contributed by atoms with E-state index in [2.05, 4.69) is 62.4 Å². The largest absolute Gasteiger partial charge is 0.294 e. The molecule has 0 fully saturated rings. The molecule has 0 amide bonds. The number of fused-ring (bicyclic) bond motifs is 2. The number of benzene rings is 4. The average molecular weight is 579 g/mol. The van der Waals surface area contributed by atoms with E-state index in [1.165, 1.54) is 70.2 Å². The van der Waals surface area contributed by atoms with Crippen LogP contribution in [0.3, 0.4) is 0 Å². The van der Waals surface area contributed by atoms with E-state index in [4.69, 9.17) is 0 Å². The van der Waals surface area contributed by atoms with Gasteiger partial charge in [-0.2, -0.15) is 0 Å². The molecule has 0 radical (unpaired) electrons. The summed E-state index contributed by atoms with van der Waals surface area (Å²) in [6.07, 6.45) is 17.5. The third kappa shape index (κ3) is 6.91. The van der Waals surface area contributed by atoms with Gasteiger partial charge in [0.2, 0.25) is 0 Å². The van der Waals surface area contributed by atoms with Crippen LogP contribution in [-0.4, -0.2) is 11.6 Å². The van der Waals surface area contributed by atoms with Gasteiger partial charge in [-0.3, -0.25) is 9.59 Å². The van der Waals surface area contributed by atoms with Gasteiger partial charge in [0, 0.05) is 12.8 Å². The second-order valence-corrected chi connectivity index (χ2v) is 12.7.